The van der Waals surface area contributed by atoms with Crippen LogP contribution >= 0.6 is 15.6 Å². The molecule has 3 aliphatic rings. The van der Waals surface area contributed by atoms with E-state index in [9.17, 15) is 63.9 Å². The summed E-state index contributed by atoms with van der Waals surface area (Å²) in [7, 11) is -11.9. The molecule has 20 nitrogen and oxygen atoms in total. The molecule has 3 aliphatic heterocycles. The highest BCUT2D eigenvalue weighted by atomic mass is 31.3. The average molecular weight is 579 g/mol. The van der Waals surface area contributed by atoms with Gasteiger partial charge in [0, 0.05) is 13.0 Å². The summed E-state index contributed by atoms with van der Waals surface area (Å²) in [6.45, 7) is -1.35. The maximum atomic E-state index is 12.0. The van der Waals surface area contributed by atoms with E-state index in [1.54, 1.807) is 0 Å². The quantitative estimate of drug-likeness (QED) is 0.138. The lowest BCUT2D eigenvalue weighted by Crippen LogP contribution is -2.62. The van der Waals surface area contributed by atoms with Crippen LogP contribution in [0.2, 0.25) is 0 Å². The van der Waals surface area contributed by atoms with Crippen molar-refractivity contribution in [3.8, 4) is 0 Å². The summed E-state index contributed by atoms with van der Waals surface area (Å²) in [6, 6.07) is -0.956. The zero-order chi connectivity index (χ0) is 27.9. The molecule has 0 saturated carbocycles. The van der Waals surface area contributed by atoms with Crippen molar-refractivity contribution in [2.45, 2.75) is 61.7 Å². The van der Waals surface area contributed by atoms with Crippen molar-refractivity contribution in [3.05, 3.63) is 0 Å². The number of hydrogen-bond acceptors (Lipinski definition) is 18. The molecule has 3 rings (SSSR count). The van der Waals surface area contributed by atoms with E-state index in [1.165, 1.54) is 0 Å². The summed E-state index contributed by atoms with van der Waals surface area (Å²) in [5.74, 6) is -2.73. The number of nitrogens with zero attached hydrogens (tertiary/aromatic N) is 1. The predicted octanol–water partition coefficient (Wildman–Crippen LogP) is -7.08. The Balaban J connectivity index is 1.58. The normalized spacial score (nSPS) is 40.1. The molecule has 6 N–H and O–H groups in total. The molecule has 3 heterocycles. The van der Waals surface area contributed by atoms with E-state index < -0.39 is 95.4 Å². The largest absolute Gasteiger partial charge is 0.756 e. The minimum Gasteiger partial charge on any atom is -0.756 e. The molecule has 3 unspecified atom stereocenters. The first-order valence-corrected chi connectivity index (χ1v) is 13.1. The van der Waals surface area contributed by atoms with Crippen LogP contribution in [0.3, 0.4) is 0 Å². The summed E-state index contributed by atoms with van der Waals surface area (Å²) in [5.41, 5.74) is 0. The number of aliphatic hydroxyl groups excluding tert-OH is 5. The molecular formula is C15H21N2O18P2-3. The van der Waals surface area contributed by atoms with Crippen molar-refractivity contribution >= 4 is 33.6 Å². The summed E-state index contributed by atoms with van der Waals surface area (Å²) < 4.78 is 45.9. The maximum Gasteiger partial charge on any atom is 0.326 e. The van der Waals surface area contributed by atoms with E-state index in [0.717, 1.165) is 4.90 Å². The number of urea groups is 1. The third-order valence-electron chi connectivity index (χ3n) is 5.36. The third-order valence-corrected chi connectivity index (χ3v) is 7.89. The molecule has 11 atom stereocenters. The van der Waals surface area contributed by atoms with Gasteiger partial charge < -0.3 is 59.2 Å². The number of aliphatic hydroxyl groups is 5. The molecule has 3 fully saturated rings. The number of aliphatic carboxylic acids is 1. The van der Waals surface area contributed by atoms with Gasteiger partial charge in [-0.15, -0.1) is 0 Å². The van der Waals surface area contributed by atoms with E-state index in [-0.39, 0.29) is 13.0 Å². The number of rotatable bonds is 9. The van der Waals surface area contributed by atoms with Crippen molar-refractivity contribution in [3.63, 3.8) is 0 Å². The van der Waals surface area contributed by atoms with Gasteiger partial charge in [0.15, 0.2) is 12.5 Å². The number of carboxylic acids is 1. The van der Waals surface area contributed by atoms with Gasteiger partial charge in [-0.3, -0.25) is 28.7 Å². The Morgan fingerprint density at radius 3 is 2.24 bits per heavy atom. The molecule has 22 heteroatoms. The molecule has 0 spiro atoms. The van der Waals surface area contributed by atoms with Crippen molar-refractivity contribution in [2.24, 2.45) is 0 Å². The summed E-state index contributed by atoms with van der Waals surface area (Å²) in [5, 5.41) is 62.0. The SMILES string of the molecule is O=C1CCN([C@@H]2O[C@H](COP(=O)([O-])OP(=O)([O-])OC3O[C@@H](C(=O)[O-])[C@@H](O)[C@H](O)[C@H]3O)[C@@H](O)[C@H]2O)C(=O)N1. The fourth-order valence-corrected chi connectivity index (χ4v) is 5.61. The Kier molecular flexibility index (Phi) is 9.10. The molecule has 0 aromatic heterocycles. The van der Waals surface area contributed by atoms with Gasteiger partial charge in [-0.25, -0.2) is 9.11 Å². The van der Waals surface area contributed by atoms with Crippen LogP contribution < -0.4 is 20.2 Å². The van der Waals surface area contributed by atoms with Crippen molar-refractivity contribution in [2.75, 3.05) is 13.2 Å². The van der Waals surface area contributed by atoms with Crippen molar-refractivity contribution in [1.29, 1.82) is 0 Å². The van der Waals surface area contributed by atoms with E-state index in [1.807, 2.05) is 5.32 Å². The number of carbonyl (C=O) groups is 3. The Labute approximate surface area is 206 Å². The van der Waals surface area contributed by atoms with Crippen molar-refractivity contribution in [1.82, 2.24) is 10.2 Å². The van der Waals surface area contributed by atoms with Crippen molar-refractivity contribution < 1.29 is 86.8 Å². The first-order chi connectivity index (χ1) is 17.0. The van der Waals surface area contributed by atoms with E-state index in [4.69, 9.17) is 4.74 Å². The van der Waals surface area contributed by atoms with E-state index in [2.05, 4.69) is 18.1 Å². The maximum absolute atomic E-state index is 12.0. The highest BCUT2D eigenvalue weighted by Crippen LogP contribution is 2.57. The monoisotopic (exact) mass is 579 g/mol. The van der Waals surface area contributed by atoms with Gasteiger partial charge in [-0.05, 0) is 0 Å². The van der Waals surface area contributed by atoms with Crippen LogP contribution in [-0.4, -0.2) is 117 Å². The van der Waals surface area contributed by atoms with Gasteiger partial charge in [0.25, 0.3) is 15.6 Å². The molecular weight excluding hydrogens is 558 g/mol. The number of carbonyl (C=O) groups excluding carboxylic acids is 3. The predicted molar refractivity (Wildman–Crippen MR) is 101 cm³/mol. The second-order valence-electron chi connectivity index (χ2n) is 7.94. The lowest BCUT2D eigenvalue weighted by atomic mass is 9.99. The first-order valence-electron chi connectivity index (χ1n) is 10.2. The smallest absolute Gasteiger partial charge is 0.326 e. The number of phosphoric acid groups is 2. The number of ether oxygens (including phenoxy) is 2. The zero-order valence-electron chi connectivity index (χ0n) is 18.2. The van der Waals surface area contributed by atoms with Crippen LogP contribution in [0, 0.1) is 0 Å². The van der Waals surface area contributed by atoms with Gasteiger partial charge >= 0.3 is 6.03 Å². The number of phosphoric ester groups is 2. The second-order valence-corrected chi connectivity index (χ2v) is 10.8. The molecule has 0 aliphatic carbocycles. The standard InChI is InChI=1S/C15H24N2O18P2/c18-5-1-2-17(15(26)16-5)12-9(22)6(19)4(32-12)3-31-36(27,28)35-37(29,30)34-14-10(23)7(20)8(21)11(33-14)13(24)25/h4,6-12,14,19-23H,1-3H2,(H,24,25)(H,27,28)(H,29,30)(H,16,18,26)/p-3/t4-,6-,7+,8+,9-,10-,11-,12-,14?/m1/s1. The Morgan fingerprint density at radius 1 is 1.00 bits per heavy atom. The van der Waals surface area contributed by atoms with Gasteiger partial charge in [-0.1, -0.05) is 0 Å². The highest BCUT2D eigenvalue weighted by molar-refractivity contribution is 7.59. The van der Waals surface area contributed by atoms with Gasteiger partial charge in [0.2, 0.25) is 5.91 Å². The summed E-state index contributed by atoms with van der Waals surface area (Å²) >= 11 is 0. The van der Waals surface area contributed by atoms with Gasteiger partial charge in [0.1, 0.15) is 42.7 Å². The highest BCUT2D eigenvalue weighted by Gasteiger charge is 2.49. The molecule has 3 saturated heterocycles. The Bertz CT molecular complexity index is 996. The van der Waals surface area contributed by atoms with E-state index >= 15 is 0 Å². The minimum atomic E-state index is -6.05. The molecule has 0 aromatic rings. The topological polar surface area (TPSA) is 317 Å². The van der Waals surface area contributed by atoms with Crippen LogP contribution in [0.1, 0.15) is 6.42 Å². The summed E-state index contributed by atoms with van der Waals surface area (Å²) in [4.78, 5) is 58.9. The number of imide groups is 1. The molecule has 0 aromatic carbocycles. The van der Waals surface area contributed by atoms with Gasteiger partial charge in [-0.2, -0.15) is 0 Å². The van der Waals surface area contributed by atoms with Crippen LogP contribution in [0.4, 0.5) is 4.79 Å². The number of amides is 3. The third kappa shape index (κ3) is 6.88. The first kappa shape index (κ1) is 29.9. The molecule has 0 bridgehead atoms. The van der Waals surface area contributed by atoms with Crippen LogP contribution in [-0.2, 0) is 41.6 Å². The fourth-order valence-electron chi connectivity index (χ4n) is 3.53. The zero-order valence-corrected chi connectivity index (χ0v) is 20.0. The molecule has 212 valence electrons. The van der Waals surface area contributed by atoms with Crippen LogP contribution in [0.5, 0.6) is 0 Å². The lowest BCUT2D eigenvalue weighted by Gasteiger charge is -2.42. The number of carboxylic acid groups (broad SMARTS) is 1. The molecule has 37 heavy (non-hydrogen) atoms. The fraction of sp³-hybridized carbons (Fsp3) is 0.800. The Morgan fingerprint density at radius 2 is 1.65 bits per heavy atom. The number of nitrogens with one attached hydrogen (secondary N) is 1. The number of hydrogen-bond donors (Lipinski definition) is 6. The van der Waals surface area contributed by atoms with Crippen LogP contribution in [0.15, 0.2) is 0 Å². The Hall–Kier alpha value is -1.61. The van der Waals surface area contributed by atoms with Crippen LogP contribution in [0.25, 0.3) is 0 Å². The van der Waals surface area contributed by atoms with Gasteiger partial charge in [0.05, 0.1) is 12.6 Å². The average Bonchev–Trinajstić information content (AvgIpc) is 3.05. The summed E-state index contributed by atoms with van der Waals surface area (Å²) in [6.07, 6.45) is -18.8. The molecule has 0 radical (unpaired) electrons. The lowest BCUT2D eigenvalue weighted by molar-refractivity contribution is -0.348. The second kappa shape index (κ2) is 11.2. The molecule has 3 amide bonds. The minimum absolute atomic E-state index is 0.156. The van der Waals surface area contributed by atoms with E-state index in [0.29, 0.717) is 0 Å².